The van der Waals surface area contributed by atoms with Crippen LogP contribution >= 0.6 is 0 Å². The predicted octanol–water partition coefficient (Wildman–Crippen LogP) is -3.83. The first-order valence-corrected chi connectivity index (χ1v) is 4.17. The molecule has 0 saturated heterocycles. The Balaban J connectivity index is 0. The second kappa shape index (κ2) is 7.47. The van der Waals surface area contributed by atoms with Crippen LogP contribution in [0.2, 0.25) is 0 Å². The topological polar surface area (TPSA) is 0 Å². The minimum absolute atomic E-state index is 0. The summed E-state index contributed by atoms with van der Waals surface area (Å²) in [6.45, 7) is 2.22. The van der Waals surface area contributed by atoms with Crippen molar-refractivity contribution in [2.75, 3.05) is 0 Å². The average molecular weight is 438 g/mol. The third kappa shape index (κ3) is 4.00. The molecular weight excluding hydrogens is 429 g/mol. The summed E-state index contributed by atoms with van der Waals surface area (Å²) >= 11 is 1.60. The van der Waals surface area contributed by atoms with Crippen LogP contribution in [0.3, 0.4) is 0 Å². The molecule has 0 aromatic rings. The molecule has 0 spiro atoms. The summed E-state index contributed by atoms with van der Waals surface area (Å²) < 4.78 is 1.64. The van der Waals surface area contributed by atoms with Crippen molar-refractivity contribution >= 4 is 0 Å². The molecular formula is C7H9I2Zr. The largest absolute Gasteiger partial charge is 1.00 e. The number of hydrogen-bond acceptors (Lipinski definition) is 0. The van der Waals surface area contributed by atoms with Gasteiger partial charge in [0.1, 0.15) is 0 Å². The van der Waals surface area contributed by atoms with Gasteiger partial charge >= 0.3 is 65.5 Å². The molecule has 0 heterocycles. The van der Waals surface area contributed by atoms with Gasteiger partial charge in [-0.2, -0.15) is 0 Å². The quantitative estimate of drug-likeness (QED) is 0.369. The monoisotopic (exact) mass is 437 g/mol. The fourth-order valence-electron chi connectivity index (χ4n) is 0.882. The van der Waals surface area contributed by atoms with Crippen molar-refractivity contribution in [3.8, 4) is 0 Å². The summed E-state index contributed by atoms with van der Waals surface area (Å²) in [5.41, 5.74) is 1.57. The molecule has 0 amide bonds. The number of rotatable bonds is 1. The van der Waals surface area contributed by atoms with Crippen molar-refractivity contribution in [3.63, 3.8) is 0 Å². The maximum Gasteiger partial charge on any atom is -1.00 e. The van der Waals surface area contributed by atoms with Gasteiger partial charge in [0.05, 0.1) is 0 Å². The third-order valence-electron chi connectivity index (χ3n) is 1.41. The second-order valence-electron chi connectivity index (χ2n) is 1.96. The molecule has 0 fully saturated rings. The van der Waals surface area contributed by atoms with E-state index in [0.29, 0.717) is 0 Å². The first-order valence-electron chi connectivity index (χ1n) is 2.94. The van der Waals surface area contributed by atoms with Gasteiger partial charge in [-0.3, -0.25) is 0 Å². The van der Waals surface area contributed by atoms with Crippen molar-refractivity contribution in [1.82, 2.24) is 0 Å². The molecule has 1 aliphatic carbocycles. The Bertz CT molecular complexity index is 150. The van der Waals surface area contributed by atoms with Gasteiger partial charge in [0.2, 0.25) is 0 Å². The van der Waals surface area contributed by atoms with Gasteiger partial charge in [0, 0.05) is 0 Å². The molecule has 1 aliphatic rings. The average Bonchev–Trinajstić information content (AvgIpc) is 2.14. The summed E-state index contributed by atoms with van der Waals surface area (Å²) in [5, 5.41) is 0. The molecule has 0 radical (unpaired) electrons. The van der Waals surface area contributed by atoms with Gasteiger partial charge in [0.25, 0.3) is 0 Å². The van der Waals surface area contributed by atoms with Crippen LogP contribution in [0, 0.1) is 0 Å². The van der Waals surface area contributed by atoms with E-state index < -0.39 is 0 Å². The Labute approximate surface area is 112 Å². The normalized spacial score (nSPS) is 14.7. The SMILES string of the molecule is CCC1=[C]([Zr+2])CC=C1.[I-].[I-]. The van der Waals surface area contributed by atoms with E-state index in [1.165, 1.54) is 12.8 Å². The van der Waals surface area contributed by atoms with Crippen LogP contribution in [0.25, 0.3) is 0 Å². The van der Waals surface area contributed by atoms with E-state index in [4.69, 9.17) is 0 Å². The van der Waals surface area contributed by atoms with Crippen LogP contribution in [0.5, 0.6) is 0 Å². The van der Waals surface area contributed by atoms with Gasteiger partial charge in [0.15, 0.2) is 0 Å². The molecule has 0 N–H and O–H groups in total. The fourth-order valence-corrected chi connectivity index (χ4v) is 1.81. The molecule has 0 saturated carbocycles. The van der Waals surface area contributed by atoms with Crippen LogP contribution < -0.4 is 48.0 Å². The Kier molecular flexibility index (Phi) is 10.7. The molecule has 0 nitrogen and oxygen atoms in total. The van der Waals surface area contributed by atoms with Crippen LogP contribution in [0.15, 0.2) is 21.0 Å². The molecule has 0 bridgehead atoms. The zero-order valence-corrected chi connectivity index (χ0v) is 12.6. The van der Waals surface area contributed by atoms with E-state index in [1.807, 2.05) is 0 Å². The van der Waals surface area contributed by atoms with Crippen LogP contribution in [0.4, 0.5) is 0 Å². The first kappa shape index (κ1) is 14.4. The van der Waals surface area contributed by atoms with E-state index in [-0.39, 0.29) is 48.0 Å². The van der Waals surface area contributed by atoms with E-state index in [1.54, 1.807) is 33.6 Å². The Hall–Kier alpha value is 1.82. The second-order valence-corrected chi connectivity index (χ2v) is 3.45. The van der Waals surface area contributed by atoms with E-state index >= 15 is 0 Å². The fraction of sp³-hybridized carbons (Fsp3) is 0.429. The van der Waals surface area contributed by atoms with Crippen molar-refractivity contribution in [2.24, 2.45) is 0 Å². The van der Waals surface area contributed by atoms with Crippen molar-refractivity contribution in [2.45, 2.75) is 19.8 Å². The number of halogens is 2. The predicted molar refractivity (Wildman–Crippen MR) is 31.1 cm³/mol. The Morgan fingerprint density at radius 3 is 2.30 bits per heavy atom. The number of hydrogen-bond donors (Lipinski definition) is 0. The summed E-state index contributed by atoms with van der Waals surface area (Å²) in [4.78, 5) is 0. The van der Waals surface area contributed by atoms with Gasteiger partial charge in [-0.05, 0) is 0 Å². The molecule has 0 atom stereocenters. The van der Waals surface area contributed by atoms with Crippen LogP contribution in [0.1, 0.15) is 19.8 Å². The van der Waals surface area contributed by atoms with Crippen molar-refractivity contribution in [1.29, 1.82) is 0 Å². The summed E-state index contributed by atoms with van der Waals surface area (Å²) in [6.07, 6.45) is 6.95. The summed E-state index contributed by atoms with van der Waals surface area (Å²) in [5.74, 6) is 0. The smallest absolute Gasteiger partial charge is 1.00 e. The summed E-state index contributed by atoms with van der Waals surface area (Å²) in [6, 6.07) is 0. The van der Waals surface area contributed by atoms with Gasteiger partial charge in [-0.1, -0.05) is 0 Å². The van der Waals surface area contributed by atoms with Crippen LogP contribution in [-0.4, -0.2) is 0 Å². The molecule has 3 heteroatoms. The zero-order chi connectivity index (χ0) is 5.98. The summed E-state index contributed by atoms with van der Waals surface area (Å²) in [7, 11) is 0. The van der Waals surface area contributed by atoms with Crippen molar-refractivity contribution in [3.05, 3.63) is 21.0 Å². The van der Waals surface area contributed by atoms with Gasteiger partial charge < -0.3 is 48.0 Å². The Morgan fingerprint density at radius 2 is 2.10 bits per heavy atom. The molecule has 55 valence electrons. The molecule has 1 rings (SSSR count). The van der Waals surface area contributed by atoms with Crippen molar-refractivity contribution < 1.29 is 72.7 Å². The molecule has 0 unspecified atom stereocenters. The van der Waals surface area contributed by atoms with E-state index in [0.717, 1.165) is 0 Å². The van der Waals surface area contributed by atoms with Crippen LogP contribution in [-0.2, 0) is 24.7 Å². The molecule has 0 aromatic heterocycles. The standard InChI is InChI=1S/C7H9.2HI.Zr/c1-2-7-5-3-4-6-7;;;/h3,5H,2,4H2,1H3;2*1H;/q;;;+2/p-2. The van der Waals surface area contributed by atoms with Gasteiger partial charge in [-0.15, -0.1) is 0 Å². The third-order valence-corrected chi connectivity index (χ3v) is 2.70. The zero-order valence-electron chi connectivity index (χ0n) is 5.82. The van der Waals surface area contributed by atoms with Gasteiger partial charge in [-0.25, -0.2) is 0 Å². The Morgan fingerprint density at radius 1 is 1.50 bits per heavy atom. The maximum absolute atomic E-state index is 2.25. The first-order chi connectivity index (χ1) is 3.84. The molecule has 0 aromatic carbocycles. The maximum atomic E-state index is 2.25. The minimum atomic E-state index is 0. The molecule has 0 aliphatic heterocycles. The molecule has 10 heavy (non-hydrogen) atoms. The number of allylic oxidation sites excluding steroid dienone is 4. The minimum Gasteiger partial charge on any atom is -1.00 e. The van der Waals surface area contributed by atoms with E-state index in [2.05, 4.69) is 19.1 Å². The van der Waals surface area contributed by atoms with E-state index in [9.17, 15) is 0 Å².